The minimum Gasteiger partial charge on any atom is -0.481 e. The molecule has 0 bridgehead atoms. The lowest BCUT2D eigenvalue weighted by Gasteiger charge is -1.94. The van der Waals surface area contributed by atoms with Crippen molar-refractivity contribution in [2.45, 2.75) is 19.8 Å². The van der Waals surface area contributed by atoms with Gasteiger partial charge in [-0.1, -0.05) is 11.2 Å². The molecule has 0 fully saturated rings. The highest BCUT2D eigenvalue weighted by Crippen LogP contribution is 2.13. The predicted octanol–water partition coefficient (Wildman–Crippen LogP) is 1.46. The van der Waals surface area contributed by atoms with Gasteiger partial charge in [0, 0.05) is 12.1 Å². The minimum absolute atomic E-state index is 0.0249. The third-order valence-electron chi connectivity index (χ3n) is 2.14. The van der Waals surface area contributed by atoms with Crippen LogP contribution in [0.2, 0.25) is 0 Å². The molecule has 17 heavy (non-hydrogen) atoms. The molecule has 0 radical (unpaired) electrons. The van der Waals surface area contributed by atoms with Gasteiger partial charge in [-0.05, 0) is 19.1 Å². The maximum atomic E-state index is 10.4. The highest BCUT2D eigenvalue weighted by Gasteiger charge is 2.10. The quantitative estimate of drug-likeness (QED) is 0.859. The Morgan fingerprint density at radius 2 is 2.24 bits per heavy atom. The first-order valence-electron chi connectivity index (χ1n) is 5.13. The van der Waals surface area contributed by atoms with Crippen molar-refractivity contribution in [3.63, 3.8) is 0 Å². The van der Waals surface area contributed by atoms with E-state index in [1.807, 2.05) is 19.1 Å². The zero-order valence-corrected chi connectivity index (χ0v) is 9.25. The monoisotopic (exact) mass is 233 g/mol. The Morgan fingerprint density at radius 1 is 1.41 bits per heavy atom. The number of aliphatic carboxylic acids is 1. The normalized spacial score (nSPS) is 10.4. The van der Waals surface area contributed by atoms with Gasteiger partial charge in [0.1, 0.15) is 5.69 Å². The van der Waals surface area contributed by atoms with Crippen molar-refractivity contribution < 1.29 is 14.4 Å². The Hall–Kier alpha value is -2.24. The number of carbonyl (C=O) groups is 1. The molecule has 88 valence electrons. The number of hydrogen-bond acceptors (Lipinski definition) is 5. The van der Waals surface area contributed by atoms with Gasteiger partial charge in [-0.15, -0.1) is 0 Å². The molecule has 0 aliphatic heterocycles. The Bertz CT molecular complexity index is 536. The second-order valence-electron chi connectivity index (χ2n) is 3.57. The summed E-state index contributed by atoms with van der Waals surface area (Å²) in [6, 6.07) is 5.50. The Morgan fingerprint density at radius 3 is 2.94 bits per heavy atom. The molecule has 2 aromatic heterocycles. The van der Waals surface area contributed by atoms with E-state index in [0.717, 1.165) is 5.69 Å². The molecule has 6 heteroatoms. The van der Waals surface area contributed by atoms with Crippen LogP contribution in [0.3, 0.4) is 0 Å². The number of carboxylic acid groups (broad SMARTS) is 1. The van der Waals surface area contributed by atoms with E-state index in [2.05, 4.69) is 15.1 Å². The van der Waals surface area contributed by atoms with Crippen molar-refractivity contribution in [3.05, 3.63) is 29.8 Å². The lowest BCUT2D eigenvalue weighted by Crippen LogP contribution is -1.97. The summed E-state index contributed by atoms with van der Waals surface area (Å²) in [5.41, 5.74) is 1.48. The van der Waals surface area contributed by atoms with E-state index < -0.39 is 5.97 Å². The SMILES string of the molecule is Cc1cccc(-c2noc(CCC(=O)O)n2)n1. The Balaban J connectivity index is 2.15. The van der Waals surface area contributed by atoms with E-state index in [-0.39, 0.29) is 12.8 Å². The van der Waals surface area contributed by atoms with Crippen LogP contribution in [0.5, 0.6) is 0 Å². The molecular weight excluding hydrogens is 222 g/mol. The van der Waals surface area contributed by atoms with E-state index >= 15 is 0 Å². The summed E-state index contributed by atoms with van der Waals surface area (Å²) in [6.45, 7) is 1.87. The molecule has 0 amide bonds. The van der Waals surface area contributed by atoms with Crippen molar-refractivity contribution in [2.75, 3.05) is 0 Å². The molecule has 0 atom stereocenters. The van der Waals surface area contributed by atoms with Crippen LogP contribution in [-0.4, -0.2) is 26.2 Å². The summed E-state index contributed by atoms with van der Waals surface area (Å²) in [5, 5.41) is 12.3. The zero-order valence-electron chi connectivity index (χ0n) is 9.25. The highest BCUT2D eigenvalue weighted by atomic mass is 16.5. The highest BCUT2D eigenvalue weighted by molar-refractivity contribution is 5.66. The first-order valence-corrected chi connectivity index (χ1v) is 5.13. The molecule has 0 aromatic carbocycles. The summed E-state index contributed by atoms with van der Waals surface area (Å²) in [4.78, 5) is 18.7. The van der Waals surface area contributed by atoms with Crippen molar-refractivity contribution in [3.8, 4) is 11.5 Å². The minimum atomic E-state index is -0.890. The average molecular weight is 233 g/mol. The first-order chi connectivity index (χ1) is 8.15. The van der Waals surface area contributed by atoms with Crippen molar-refractivity contribution in [1.82, 2.24) is 15.1 Å². The average Bonchev–Trinajstić information content (AvgIpc) is 2.75. The van der Waals surface area contributed by atoms with Gasteiger partial charge < -0.3 is 9.63 Å². The number of aryl methyl sites for hydroxylation is 2. The van der Waals surface area contributed by atoms with Gasteiger partial charge in [0.25, 0.3) is 0 Å². The standard InChI is InChI=1S/C11H11N3O3/c1-7-3-2-4-8(12-7)11-13-9(17-14-11)5-6-10(15)16/h2-4H,5-6H2,1H3,(H,15,16). The number of nitrogens with zero attached hydrogens (tertiary/aromatic N) is 3. The molecule has 0 saturated carbocycles. The fourth-order valence-corrected chi connectivity index (χ4v) is 1.34. The number of hydrogen-bond donors (Lipinski definition) is 1. The number of pyridine rings is 1. The fourth-order valence-electron chi connectivity index (χ4n) is 1.34. The molecule has 6 nitrogen and oxygen atoms in total. The molecule has 1 N–H and O–H groups in total. The topological polar surface area (TPSA) is 89.1 Å². The molecular formula is C11H11N3O3. The van der Waals surface area contributed by atoms with Crippen LogP contribution in [0, 0.1) is 6.92 Å². The molecule has 0 aliphatic carbocycles. The summed E-state index contributed by atoms with van der Waals surface area (Å²) in [7, 11) is 0. The number of aromatic nitrogens is 3. The van der Waals surface area contributed by atoms with Gasteiger partial charge in [-0.3, -0.25) is 4.79 Å². The van der Waals surface area contributed by atoms with Crippen molar-refractivity contribution in [2.24, 2.45) is 0 Å². The van der Waals surface area contributed by atoms with Crippen LogP contribution >= 0.6 is 0 Å². The fraction of sp³-hybridized carbons (Fsp3) is 0.273. The van der Waals surface area contributed by atoms with Crippen molar-refractivity contribution in [1.29, 1.82) is 0 Å². The van der Waals surface area contributed by atoms with E-state index in [1.54, 1.807) is 6.07 Å². The van der Waals surface area contributed by atoms with Crippen LogP contribution in [0.1, 0.15) is 18.0 Å². The van der Waals surface area contributed by atoms with Crippen LogP contribution in [0.4, 0.5) is 0 Å². The van der Waals surface area contributed by atoms with Crippen LogP contribution < -0.4 is 0 Å². The van der Waals surface area contributed by atoms with Gasteiger partial charge in [-0.2, -0.15) is 4.98 Å². The van der Waals surface area contributed by atoms with E-state index in [0.29, 0.717) is 17.4 Å². The Labute approximate surface area is 97.3 Å². The molecule has 0 aliphatic rings. The second-order valence-corrected chi connectivity index (χ2v) is 3.57. The summed E-state index contributed by atoms with van der Waals surface area (Å²) in [6.07, 6.45) is 0.205. The third kappa shape index (κ3) is 2.87. The molecule has 0 saturated heterocycles. The maximum Gasteiger partial charge on any atom is 0.303 e. The lowest BCUT2D eigenvalue weighted by atomic mass is 10.3. The smallest absolute Gasteiger partial charge is 0.303 e. The zero-order chi connectivity index (χ0) is 12.3. The summed E-state index contributed by atoms with van der Waals surface area (Å²) < 4.78 is 4.94. The van der Waals surface area contributed by atoms with Gasteiger partial charge in [0.05, 0.1) is 6.42 Å². The molecule has 0 unspecified atom stereocenters. The van der Waals surface area contributed by atoms with Gasteiger partial charge in [-0.25, -0.2) is 4.98 Å². The molecule has 2 aromatic rings. The van der Waals surface area contributed by atoms with E-state index in [1.165, 1.54) is 0 Å². The summed E-state index contributed by atoms with van der Waals surface area (Å²) >= 11 is 0. The van der Waals surface area contributed by atoms with Crippen LogP contribution in [0.15, 0.2) is 22.7 Å². The predicted molar refractivity (Wildman–Crippen MR) is 58.2 cm³/mol. The van der Waals surface area contributed by atoms with Gasteiger partial charge in [0.2, 0.25) is 11.7 Å². The molecule has 0 spiro atoms. The van der Waals surface area contributed by atoms with Crippen LogP contribution in [-0.2, 0) is 11.2 Å². The van der Waals surface area contributed by atoms with Crippen LogP contribution in [0.25, 0.3) is 11.5 Å². The maximum absolute atomic E-state index is 10.4. The third-order valence-corrected chi connectivity index (χ3v) is 2.14. The Kier molecular flexibility index (Phi) is 3.13. The van der Waals surface area contributed by atoms with Crippen molar-refractivity contribution >= 4 is 5.97 Å². The lowest BCUT2D eigenvalue weighted by molar-refractivity contribution is -0.137. The van der Waals surface area contributed by atoms with Gasteiger partial charge >= 0.3 is 5.97 Å². The summed E-state index contributed by atoms with van der Waals surface area (Å²) in [5.74, 6) is -0.196. The number of carboxylic acids is 1. The molecule has 2 heterocycles. The van der Waals surface area contributed by atoms with E-state index in [9.17, 15) is 4.79 Å². The number of rotatable bonds is 4. The largest absolute Gasteiger partial charge is 0.481 e. The van der Waals surface area contributed by atoms with E-state index in [4.69, 9.17) is 9.63 Å². The second kappa shape index (κ2) is 4.73. The molecule has 2 rings (SSSR count). The first kappa shape index (κ1) is 11.3. The van der Waals surface area contributed by atoms with Gasteiger partial charge in [0.15, 0.2) is 0 Å².